The molecule has 0 aromatic heterocycles. The van der Waals surface area contributed by atoms with Crippen LogP contribution in [0.25, 0.3) is 0 Å². The summed E-state index contributed by atoms with van der Waals surface area (Å²) in [7, 11) is 0. The molecule has 0 radical (unpaired) electrons. The van der Waals surface area contributed by atoms with Crippen molar-refractivity contribution in [3.63, 3.8) is 0 Å². The Hall–Kier alpha value is -0.900. The number of carbonyl (C=O) groups excluding carboxylic acids is 2. The van der Waals surface area contributed by atoms with E-state index in [1.54, 1.807) is 6.07 Å². The standard InChI is InChI=1S/C10H4Cl2O3/c11-4-1-2-5-6(3-4)7(13)9-10(12,15-9)8(5)14/h1-3,9H. The van der Waals surface area contributed by atoms with E-state index in [0.29, 0.717) is 10.6 Å². The third-order valence-corrected chi connectivity index (χ3v) is 3.30. The minimum absolute atomic E-state index is 0.276. The highest BCUT2D eigenvalue weighted by Crippen LogP contribution is 2.49. The third kappa shape index (κ3) is 1.06. The second kappa shape index (κ2) is 2.61. The predicted molar refractivity (Wildman–Crippen MR) is 53.6 cm³/mol. The number of carbonyl (C=O) groups is 2. The van der Waals surface area contributed by atoms with E-state index in [9.17, 15) is 9.59 Å². The monoisotopic (exact) mass is 242 g/mol. The van der Waals surface area contributed by atoms with Crippen molar-refractivity contribution in [2.45, 2.75) is 11.2 Å². The van der Waals surface area contributed by atoms with E-state index in [1.807, 2.05) is 0 Å². The SMILES string of the molecule is O=C1c2cc(Cl)ccc2C(=O)C2(Cl)OC12. The summed E-state index contributed by atoms with van der Waals surface area (Å²) >= 11 is 11.6. The second-order valence-electron chi connectivity index (χ2n) is 3.53. The Morgan fingerprint density at radius 3 is 2.73 bits per heavy atom. The summed E-state index contributed by atoms with van der Waals surface area (Å²) in [6.45, 7) is 0. The maximum absolute atomic E-state index is 11.8. The minimum Gasteiger partial charge on any atom is -0.333 e. The number of rotatable bonds is 0. The van der Waals surface area contributed by atoms with E-state index in [-0.39, 0.29) is 17.1 Å². The van der Waals surface area contributed by atoms with Crippen molar-refractivity contribution in [1.29, 1.82) is 0 Å². The number of epoxide rings is 1. The largest absolute Gasteiger partial charge is 0.333 e. The summed E-state index contributed by atoms with van der Waals surface area (Å²) in [5.41, 5.74) is 0.583. The Morgan fingerprint density at radius 2 is 2.00 bits per heavy atom. The van der Waals surface area contributed by atoms with Crippen LogP contribution in [-0.4, -0.2) is 22.7 Å². The Balaban J connectivity index is 2.25. The zero-order valence-electron chi connectivity index (χ0n) is 7.29. The second-order valence-corrected chi connectivity index (χ2v) is 4.52. The molecule has 1 fully saturated rings. The van der Waals surface area contributed by atoms with Crippen LogP contribution in [0.1, 0.15) is 20.7 Å². The van der Waals surface area contributed by atoms with Gasteiger partial charge in [-0.1, -0.05) is 23.2 Å². The van der Waals surface area contributed by atoms with Crippen LogP contribution in [0.2, 0.25) is 5.02 Å². The minimum atomic E-state index is -1.45. The zero-order chi connectivity index (χ0) is 10.8. The molecule has 0 amide bonds. The maximum Gasteiger partial charge on any atom is 0.239 e. The fraction of sp³-hybridized carbons (Fsp3) is 0.200. The lowest BCUT2D eigenvalue weighted by atomic mass is 9.89. The maximum atomic E-state index is 11.8. The van der Waals surface area contributed by atoms with Crippen LogP contribution in [0.5, 0.6) is 0 Å². The van der Waals surface area contributed by atoms with Gasteiger partial charge < -0.3 is 4.74 Å². The number of ketones is 2. The van der Waals surface area contributed by atoms with Crippen LogP contribution >= 0.6 is 23.2 Å². The summed E-state index contributed by atoms with van der Waals surface area (Å²) < 4.78 is 4.94. The number of alkyl halides is 1. The molecule has 1 aromatic carbocycles. The van der Waals surface area contributed by atoms with Crippen LogP contribution in [-0.2, 0) is 4.74 Å². The number of ether oxygens (including phenoxy) is 1. The average molecular weight is 243 g/mol. The lowest BCUT2D eigenvalue weighted by Gasteiger charge is -2.13. The van der Waals surface area contributed by atoms with E-state index in [2.05, 4.69) is 0 Å². The lowest BCUT2D eigenvalue weighted by molar-refractivity contribution is 0.0908. The van der Waals surface area contributed by atoms with Crippen molar-refractivity contribution >= 4 is 34.8 Å². The predicted octanol–water partition coefficient (Wildman–Crippen LogP) is 2.05. The quantitative estimate of drug-likeness (QED) is 0.517. The topological polar surface area (TPSA) is 46.7 Å². The molecule has 5 heteroatoms. The molecule has 2 atom stereocenters. The molecule has 0 spiro atoms. The van der Waals surface area contributed by atoms with E-state index < -0.39 is 11.2 Å². The molecule has 1 saturated heterocycles. The number of hydrogen-bond acceptors (Lipinski definition) is 3. The summed E-state index contributed by atoms with van der Waals surface area (Å²) in [5, 5.41) is -1.03. The van der Waals surface area contributed by atoms with Crippen molar-refractivity contribution in [2.75, 3.05) is 0 Å². The van der Waals surface area contributed by atoms with Crippen LogP contribution in [0.15, 0.2) is 18.2 Å². The van der Waals surface area contributed by atoms with Gasteiger partial charge in [-0.25, -0.2) is 0 Å². The molecule has 0 bridgehead atoms. The fourth-order valence-corrected chi connectivity index (χ4v) is 2.24. The Morgan fingerprint density at radius 1 is 1.27 bits per heavy atom. The van der Waals surface area contributed by atoms with Crippen LogP contribution in [0.3, 0.4) is 0 Å². The molecule has 0 saturated carbocycles. The van der Waals surface area contributed by atoms with E-state index in [0.717, 1.165) is 0 Å². The van der Waals surface area contributed by atoms with Gasteiger partial charge in [-0.3, -0.25) is 9.59 Å². The average Bonchev–Trinajstić information content (AvgIpc) is 2.89. The zero-order valence-corrected chi connectivity index (χ0v) is 8.80. The number of halogens is 2. The van der Waals surface area contributed by atoms with E-state index >= 15 is 0 Å². The first kappa shape index (κ1) is 9.33. The normalized spacial score (nSPS) is 32.3. The molecular weight excluding hydrogens is 239 g/mol. The first-order valence-corrected chi connectivity index (χ1v) is 5.05. The van der Waals surface area contributed by atoms with Gasteiger partial charge in [0.1, 0.15) is 0 Å². The third-order valence-electron chi connectivity index (χ3n) is 2.61. The van der Waals surface area contributed by atoms with Crippen molar-refractivity contribution in [3.8, 4) is 0 Å². The summed E-state index contributed by atoms with van der Waals surface area (Å²) in [6, 6.07) is 4.52. The van der Waals surface area contributed by atoms with Crippen molar-refractivity contribution in [3.05, 3.63) is 34.3 Å². The molecule has 0 N–H and O–H groups in total. The van der Waals surface area contributed by atoms with Gasteiger partial charge >= 0.3 is 0 Å². The van der Waals surface area contributed by atoms with E-state index in [1.165, 1.54) is 12.1 Å². The highest BCUT2D eigenvalue weighted by molar-refractivity contribution is 6.45. The number of benzene rings is 1. The van der Waals surface area contributed by atoms with Gasteiger partial charge in [-0.2, -0.15) is 0 Å². The Bertz CT molecular complexity index is 511. The molecule has 3 nitrogen and oxygen atoms in total. The first-order valence-electron chi connectivity index (χ1n) is 4.29. The number of hydrogen-bond donors (Lipinski definition) is 0. The van der Waals surface area contributed by atoms with Gasteiger partial charge in [-0.15, -0.1) is 0 Å². The van der Waals surface area contributed by atoms with Gasteiger partial charge in [-0.05, 0) is 18.2 Å². The smallest absolute Gasteiger partial charge is 0.239 e. The number of fused-ring (bicyclic) bond motifs is 2. The van der Waals surface area contributed by atoms with Crippen LogP contribution < -0.4 is 0 Å². The summed E-state index contributed by atoms with van der Waals surface area (Å²) in [5.74, 6) is -0.637. The molecule has 15 heavy (non-hydrogen) atoms. The molecule has 1 aliphatic carbocycles. The van der Waals surface area contributed by atoms with Crippen LogP contribution in [0, 0.1) is 0 Å². The first-order chi connectivity index (χ1) is 7.04. The van der Waals surface area contributed by atoms with Gasteiger partial charge in [0.2, 0.25) is 10.8 Å². The summed E-state index contributed by atoms with van der Waals surface area (Å²) in [6.07, 6.45) is -0.836. The van der Waals surface area contributed by atoms with Gasteiger partial charge in [0.15, 0.2) is 11.9 Å². The molecule has 2 unspecified atom stereocenters. The van der Waals surface area contributed by atoms with Gasteiger partial charge in [0.05, 0.1) is 0 Å². The highest BCUT2D eigenvalue weighted by Gasteiger charge is 2.68. The molecule has 1 heterocycles. The molecular formula is C10H4Cl2O3. The number of Topliss-reactive ketones (excluding diaryl/α,β-unsaturated/α-hetero) is 2. The lowest BCUT2D eigenvalue weighted by Crippen LogP contribution is -2.32. The van der Waals surface area contributed by atoms with E-state index in [4.69, 9.17) is 27.9 Å². The highest BCUT2D eigenvalue weighted by atomic mass is 35.5. The molecule has 3 rings (SSSR count). The van der Waals surface area contributed by atoms with Crippen molar-refractivity contribution in [2.24, 2.45) is 0 Å². The molecule has 1 aliphatic heterocycles. The van der Waals surface area contributed by atoms with Crippen molar-refractivity contribution in [1.82, 2.24) is 0 Å². The fourth-order valence-electron chi connectivity index (χ4n) is 1.78. The molecule has 76 valence electrons. The van der Waals surface area contributed by atoms with Gasteiger partial charge in [0, 0.05) is 16.1 Å². The molecule has 2 aliphatic rings. The van der Waals surface area contributed by atoms with Crippen molar-refractivity contribution < 1.29 is 14.3 Å². The van der Waals surface area contributed by atoms with Gasteiger partial charge in [0.25, 0.3) is 0 Å². The summed E-state index contributed by atoms with van der Waals surface area (Å²) in [4.78, 5) is 23.5. The molecule has 1 aromatic rings. The Kier molecular flexibility index (Phi) is 1.63. The van der Waals surface area contributed by atoms with Crippen LogP contribution in [0.4, 0.5) is 0 Å². The Labute approximate surface area is 94.9 Å².